The molecular formula is C14H23N3O3S. The topological polar surface area (TPSA) is 81.7 Å². The minimum atomic E-state index is -0.334. The molecule has 0 aliphatic carbocycles. The Labute approximate surface area is 129 Å². The molecule has 0 unspecified atom stereocenters. The molecule has 0 aromatic carbocycles. The van der Waals surface area contributed by atoms with Crippen LogP contribution in [-0.2, 0) is 4.79 Å². The zero-order valence-electron chi connectivity index (χ0n) is 12.1. The molecule has 3 fully saturated rings. The van der Waals surface area contributed by atoms with Crippen LogP contribution in [0.1, 0.15) is 32.1 Å². The van der Waals surface area contributed by atoms with Crippen LogP contribution in [0.15, 0.2) is 0 Å². The zero-order chi connectivity index (χ0) is 14.8. The number of aliphatic hydroxyl groups is 1. The van der Waals surface area contributed by atoms with E-state index in [4.69, 9.17) is 0 Å². The van der Waals surface area contributed by atoms with Crippen molar-refractivity contribution in [2.75, 3.05) is 18.8 Å². The third kappa shape index (κ3) is 3.45. The fourth-order valence-electron chi connectivity index (χ4n) is 3.39. The number of carbonyl (C=O) groups excluding carboxylic acids is 2. The largest absolute Gasteiger partial charge is 0.391 e. The molecule has 3 heterocycles. The van der Waals surface area contributed by atoms with Gasteiger partial charge in [0.1, 0.15) is 0 Å². The van der Waals surface area contributed by atoms with Crippen LogP contribution in [-0.4, -0.2) is 64.2 Å². The van der Waals surface area contributed by atoms with E-state index in [1.807, 2.05) is 11.8 Å². The highest BCUT2D eigenvalue weighted by molar-refractivity contribution is 8.00. The Balaban J connectivity index is 1.33. The first-order chi connectivity index (χ1) is 10.1. The molecule has 3 saturated heterocycles. The van der Waals surface area contributed by atoms with Crippen molar-refractivity contribution < 1.29 is 14.7 Å². The standard InChI is InChI=1S/C14H23N3O3S/c18-9-5-6-17(7-9)12(19)4-2-1-3-11-13-10(8-21-11)15-14(20)16-13/h9-11,13,18H,1-8H2,(H2,15,16,20)/t9-,10+,11+,13+/m1/s1. The molecule has 118 valence electrons. The SMILES string of the molecule is O=C1N[C@H]2[C@H](CS[C@H]2CCCCC(=O)N2CC[C@@H](O)C2)N1. The smallest absolute Gasteiger partial charge is 0.315 e. The highest BCUT2D eigenvalue weighted by atomic mass is 32.2. The summed E-state index contributed by atoms with van der Waals surface area (Å²) in [5, 5.41) is 15.8. The van der Waals surface area contributed by atoms with Gasteiger partial charge < -0.3 is 20.6 Å². The number of nitrogens with zero attached hydrogens (tertiary/aromatic N) is 1. The van der Waals surface area contributed by atoms with E-state index in [2.05, 4.69) is 10.6 Å². The predicted octanol–water partition coefficient (Wildman–Crippen LogP) is 0.305. The fourth-order valence-corrected chi connectivity index (χ4v) is 4.93. The van der Waals surface area contributed by atoms with E-state index in [9.17, 15) is 14.7 Å². The van der Waals surface area contributed by atoms with E-state index >= 15 is 0 Å². The predicted molar refractivity (Wildman–Crippen MR) is 81.2 cm³/mol. The summed E-state index contributed by atoms with van der Waals surface area (Å²) in [7, 11) is 0. The number of likely N-dealkylation sites (tertiary alicyclic amines) is 1. The number of thioether (sulfide) groups is 1. The first-order valence-corrected chi connectivity index (χ1v) is 8.83. The minimum Gasteiger partial charge on any atom is -0.391 e. The summed E-state index contributed by atoms with van der Waals surface area (Å²) in [6.45, 7) is 1.19. The van der Waals surface area contributed by atoms with Crippen LogP contribution in [0.2, 0.25) is 0 Å². The second-order valence-electron chi connectivity index (χ2n) is 6.15. The van der Waals surface area contributed by atoms with Crippen LogP contribution in [0.5, 0.6) is 0 Å². The molecular weight excluding hydrogens is 290 g/mol. The Morgan fingerprint density at radius 1 is 1.38 bits per heavy atom. The zero-order valence-corrected chi connectivity index (χ0v) is 12.9. The molecule has 3 N–H and O–H groups in total. The fraction of sp³-hybridized carbons (Fsp3) is 0.857. The second-order valence-corrected chi connectivity index (χ2v) is 7.42. The number of hydrogen-bond acceptors (Lipinski definition) is 4. The molecule has 3 aliphatic rings. The van der Waals surface area contributed by atoms with Crippen molar-refractivity contribution >= 4 is 23.7 Å². The van der Waals surface area contributed by atoms with Gasteiger partial charge in [-0.25, -0.2) is 4.79 Å². The van der Waals surface area contributed by atoms with E-state index in [0.29, 0.717) is 31.2 Å². The molecule has 4 atom stereocenters. The number of amides is 3. The molecule has 0 saturated carbocycles. The third-order valence-electron chi connectivity index (χ3n) is 4.58. The average Bonchev–Trinajstić information content (AvgIpc) is 3.11. The van der Waals surface area contributed by atoms with Crippen molar-refractivity contribution in [2.45, 2.75) is 55.5 Å². The van der Waals surface area contributed by atoms with Gasteiger partial charge in [-0.05, 0) is 19.3 Å². The molecule has 7 heteroatoms. The number of β-amino-alcohol motifs (C(OH)–C–C–N with tert-alkyl or cyclic N) is 1. The number of carbonyl (C=O) groups is 2. The Morgan fingerprint density at radius 2 is 2.24 bits per heavy atom. The van der Waals surface area contributed by atoms with E-state index in [1.54, 1.807) is 4.90 Å². The molecule has 3 aliphatic heterocycles. The Morgan fingerprint density at radius 3 is 3.00 bits per heavy atom. The monoisotopic (exact) mass is 313 g/mol. The molecule has 0 aromatic heterocycles. The molecule has 6 nitrogen and oxygen atoms in total. The van der Waals surface area contributed by atoms with Crippen molar-refractivity contribution in [1.29, 1.82) is 0 Å². The molecule has 3 amide bonds. The van der Waals surface area contributed by atoms with Crippen molar-refractivity contribution in [3.63, 3.8) is 0 Å². The van der Waals surface area contributed by atoms with Gasteiger partial charge in [0.2, 0.25) is 5.91 Å². The van der Waals surface area contributed by atoms with Crippen LogP contribution in [0.25, 0.3) is 0 Å². The maximum atomic E-state index is 12.0. The Bertz CT molecular complexity index is 420. The van der Waals surface area contributed by atoms with Crippen LogP contribution in [0, 0.1) is 0 Å². The Hall–Kier alpha value is -0.950. The average molecular weight is 313 g/mol. The Kier molecular flexibility index (Phi) is 4.59. The van der Waals surface area contributed by atoms with Gasteiger partial charge in [0, 0.05) is 30.5 Å². The third-order valence-corrected chi connectivity index (χ3v) is 6.09. The lowest BCUT2D eigenvalue weighted by Gasteiger charge is -2.17. The summed E-state index contributed by atoms with van der Waals surface area (Å²) < 4.78 is 0. The number of rotatable bonds is 5. The summed E-state index contributed by atoms with van der Waals surface area (Å²) >= 11 is 1.92. The van der Waals surface area contributed by atoms with E-state index < -0.39 is 0 Å². The molecule has 0 spiro atoms. The maximum Gasteiger partial charge on any atom is 0.315 e. The number of hydrogen-bond donors (Lipinski definition) is 3. The van der Waals surface area contributed by atoms with Crippen molar-refractivity contribution in [3.05, 3.63) is 0 Å². The molecule has 0 aromatic rings. The summed E-state index contributed by atoms with van der Waals surface area (Å²) in [5.41, 5.74) is 0. The lowest BCUT2D eigenvalue weighted by atomic mass is 10.0. The van der Waals surface area contributed by atoms with Gasteiger partial charge >= 0.3 is 6.03 Å². The number of unbranched alkanes of at least 4 members (excludes halogenated alkanes) is 1. The molecule has 0 bridgehead atoms. The molecule has 21 heavy (non-hydrogen) atoms. The lowest BCUT2D eigenvalue weighted by Crippen LogP contribution is -2.36. The van der Waals surface area contributed by atoms with Gasteiger partial charge in [-0.3, -0.25) is 4.79 Å². The van der Waals surface area contributed by atoms with Gasteiger partial charge in [-0.2, -0.15) is 11.8 Å². The van der Waals surface area contributed by atoms with Gasteiger partial charge in [0.25, 0.3) is 0 Å². The first kappa shape index (κ1) is 15.0. The van der Waals surface area contributed by atoms with Gasteiger partial charge in [-0.1, -0.05) is 6.42 Å². The van der Waals surface area contributed by atoms with Crippen molar-refractivity contribution in [1.82, 2.24) is 15.5 Å². The van der Waals surface area contributed by atoms with Crippen LogP contribution < -0.4 is 10.6 Å². The quantitative estimate of drug-likeness (QED) is 0.504. The summed E-state index contributed by atoms with van der Waals surface area (Å²) in [4.78, 5) is 25.0. The van der Waals surface area contributed by atoms with Gasteiger partial charge in [-0.15, -0.1) is 0 Å². The van der Waals surface area contributed by atoms with Gasteiger partial charge in [0.15, 0.2) is 0 Å². The summed E-state index contributed by atoms with van der Waals surface area (Å²) in [6.07, 6.45) is 3.90. The maximum absolute atomic E-state index is 12.0. The number of urea groups is 1. The number of fused-ring (bicyclic) bond motifs is 1. The summed E-state index contributed by atoms with van der Waals surface area (Å²) in [6, 6.07) is 0.491. The van der Waals surface area contributed by atoms with Crippen molar-refractivity contribution in [2.24, 2.45) is 0 Å². The van der Waals surface area contributed by atoms with E-state index in [-0.39, 0.29) is 30.1 Å². The lowest BCUT2D eigenvalue weighted by molar-refractivity contribution is -0.130. The normalized spacial score (nSPS) is 34.7. The van der Waals surface area contributed by atoms with Crippen molar-refractivity contribution in [3.8, 4) is 0 Å². The minimum absolute atomic E-state index is 0.0435. The molecule has 3 rings (SSSR count). The second kappa shape index (κ2) is 6.44. The van der Waals surface area contributed by atoms with E-state index in [1.165, 1.54) is 0 Å². The molecule has 0 radical (unpaired) electrons. The summed E-state index contributed by atoms with van der Waals surface area (Å²) in [5.74, 6) is 1.15. The van der Waals surface area contributed by atoms with Crippen LogP contribution in [0.4, 0.5) is 4.79 Å². The number of aliphatic hydroxyl groups excluding tert-OH is 1. The van der Waals surface area contributed by atoms with Crippen LogP contribution in [0.3, 0.4) is 0 Å². The highest BCUT2D eigenvalue weighted by Gasteiger charge is 2.42. The van der Waals surface area contributed by atoms with Crippen LogP contribution >= 0.6 is 11.8 Å². The highest BCUT2D eigenvalue weighted by Crippen LogP contribution is 2.33. The van der Waals surface area contributed by atoms with Gasteiger partial charge in [0.05, 0.1) is 18.2 Å². The number of nitrogens with one attached hydrogen (secondary N) is 2. The first-order valence-electron chi connectivity index (χ1n) is 7.78. The van der Waals surface area contributed by atoms with E-state index in [0.717, 1.165) is 25.0 Å².